The Balaban J connectivity index is 1.99. The van der Waals surface area contributed by atoms with Crippen molar-refractivity contribution < 1.29 is 28.4 Å². The van der Waals surface area contributed by atoms with Gasteiger partial charge in [-0.2, -0.15) is 0 Å². The van der Waals surface area contributed by atoms with Crippen LogP contribution in [0.1, 0.15) is 22.7 Å². The molecule has 1 aliphatic rings. The molecule has 3 aromatic rings. The first-order chi connectivity index (χ1) is 15.7. The third-order valence-corrected chi connectivity index (χ3v) is 5.30. The largest absolute Gasteiger partial charge is 0.507 e. The second-order valence-corrected chi connectivity index (χ2v) is 7.49. The summed E-state index contributed by atoms with van der Waals surface area (Å²) < 4.78 is 28.6. The van der Waals surface area contributed by atoms with Crippen molar-refractivity contribution >= 4 is 28.8 Å². The maximum absolute atomic E-state index is 14.7. The normalized spacial score (nSPS) is 17.4. The minimum absolute atomic E-state index is 0.0698. The Morgan fingerprint density at radius 2 is 1.76 bits per heavy atom. The quantitative estimate of drug-likeness (QED) is 0.202. The summed E-state index contributed by atoms with van der Waals surface area (Å²) in [5.41, 5.74) is -0.148. The number of non-ortho nitro benzene ring substituents is 1. The molecule has 0 radical (unpaired) electrons. The Morgan fingerprint density at radius 1 is 1.03 bits per heavy atom. The predicted molar refractivity (Wildman–Crippen MR) is 115 cm³/mol. The number of hydrogen-bond acceptors (Lipinski definition) is 5. The molecule has 1 N–H and O–H groups in total. The third kappa shape index (κ3) is 3.84. The molecule has 0 aromatic heterocycles. The maximum Gasteiger partial charge on any atom is 0.300 e. The van der Waals surface area contributed by atoms with E-state index in [1.807, 2.05) is 0 Å². The first-order valence-electron chi connectivity index (χ1n) is 9.76. The maximum atomic E-state index is 14.7. The number of aryl methyl sites for hydroxylation is 1. The fourth-order valence-electron chi connectivity index (χ4n) is 3.83. The summed E-state index contributed by atoms with van der Waals surface area (Å²) in [5.74, 6) is -4.73. The van der Waals surface area contributed by atoms with Crippen molar-refractivity contribution in [3.63, 3.8) is 0 Å². The average Bonchev–Trinajstić information content (AvgIpc) is 3.05. The second-order valence-electron chi connectivity index (χ2n) is 7.49. The van der Waals surface area contributed by atoms with E-state index in [0.29, 0.717) is 5.56 Å². The van der Waals surface area contributed by atoms with Gasteiger partial charge in [-0.3, -0.25) is 24.6 Å². The minimum Gasteiger partial charge on any atom is -0.507 e. The number of ketones is 1. The lowest BCUT2D eigenvalue weighted by atomic mass is 9.94. The Hall–Kier alpha value is -4.40. The molecular formula is C24H16F2N2O5. The van der Waals surface area contributed by atoms with Gasteiger partial charge >= 0.3 is 0 Å². The van der Waals surface area contributed by atoms with Crippen molar-refractivity contribution in [1.29, 1.82) is 0 Å². The van der Waals surface area contributed by atoms with Gasteiger partial charge in [0.05, 0.1) is 22.2 Å². The van der Waals surface area contributed by atoms with E-state index in [9.17, 15) is 33.6 Å². The van der Waals surface area contributed by atoms with Crippen LogP contribution in [0.5, 0.6) is 0 Å². The van der Waals surface area contributed by atoms with Gasteiger partial charge in [0.15, 0.2) is 0 Å². The van der Waals surface area contributed by atoms with Crippen molar-refractivity contribution in [3.8, 4) is 0 Å². The van der Waals surface area contributed by atoms with Crippen LogP contribution in [-0.2, 0) is 9.59 Å². The third-order valence-electron chi connectivity index (χ3n) is 5.30. The topological polar surface area (TPSA) is 101 Å². The van der Waals surface area contributed by atoms with Crippen LogP contribution in [0.25, 0.3) is 5.76 Å². The van der Waals surface area contributed by atoms with Crippen LogP contribution >= 0.6 is 0 Å². The Morgan fingerprint density at radius 3 is 2.45 bits per heavy atom. The summed E-state index contributed by atoms with van der Waals surface area (Å²) in [4.78, 5) is 37.3. The number of carbonyl (C=O) groups is 2. The van der Waals surface area contributed by atoms with E-state index >= 15 is 0 Å². The summed E-state index contributed by atoms with van der Waals surface area (Å²) in [6.45, 7) is 1.76. The molecule has 1 unspecified atom stereocenters. The zero-order valence-electron chi connectivity index (χ0n) is 17.2. The van der Waals surface area contributed by atoms with Crippen LogP contribution in [-0.4, -0.2) is 21.7 Å². The number of nitrogens with zero attached hydrogens (tertiary/aromatic N) is 2. The fourth-order valence-corrected chi connectivity index (χ4v) is 3.83. The van der Waals surface area contributed by atoms with Crippen molar-refractivity contribution in [2.45, 2.75) is 13.0 Å². The minimum atomic E-state index is -1.29. The molecule has 0 spiro atoms. The highest BCUT2D eigenvalue weighted by Crippen LogP contribution is 2.43. The summed E-state index contributed by atoms with van der Waals surface area (Å²) in [5, 5.41) is 22.1. The number of Topliss-reactive ketones (excluding diaryl/α,β-unsaturated/α-hetero) is 1. The highest BCUT2D eigenvalue weighted by atomic mass is 19.1. The molecule has 1 amide bonds. The fraction of sp³-hybridized carbons (Fsp3) is 0.0833. The first kappa shape index (κ1) is 21.8. The number of hydrogen-bond donors (Lipinski definition) is 1. The molecule has 7 nitrogen and oxygen atoms in total. The van der Waals surface area contributed by atoms with Crippen LogP contribution in [0.4, 0.5) is 20.2 Å². The number of nitro benzene ring substituents is 1. The first-order valence-corrected chi connectivity index (χ1v) is 9.76. The van der Waals surface area contributed by atoms with Crippen LogP contribution < -0.4 is 4.90 Å². The van der Waals surface area contributed by atoms with Crippen LogP contribution in [0.15, 0.2) is 72.3 Å². The molecule has 1 saturated heterocycles. The number of halogens is 2. The summed E-state index contributed by atoms with van der Waals surface area (Å²) in [6, 6.07) is 12.8. The van der Waals surface area contributed by atoms with E-state index in [4.69, 9.17) is 0 Å². The number of carbonyl (C=O) groups excluding carboxylic acids is 2. The average molecular weight is 450 g/mol. The number of amides is 1. The Bertz CT molecular complexity index is 1350. The number of anilines is 1. The zero-order chi connectivity index (χ0) is 23.9. The molecule has 9 heteroatoms. The van der Waals surface area contributed by atoms with Gasteiger partial charge < -0.3 is 5.11 Å². The smallest absolute Gasteiger partial charge is 0.300 e. The number of aliphatic hydroxyl groups excluding tert-OH is 1. The standard InChI is InChI=1S/C24H16F2N2O5/c1-13-4-2-5-14(10-13)21-20(22(29)15-6-3-7-17(11-15)28(32)33)23(30)24(31)27(21)19-12-16(25)8-9-18(19)26/h2-12,21,29H,1H3/b22-20-. The summed E-state index contributed by atoms with van der Waals surface area (Å²) >= 11 is 0. The monoisotopic (exact) mass is 450 g/mol. The van der Waals surface area contributed by atoms with Gasteiger partial charge in [-0.1, -0.05) is 42.0 Å². The Kier molecular flexibility index (Phi) is 5.47. The van der Waals surface area contributed by atoms with Gasteiger partial charge in [-0.25, -0.2) is 8.78 Å². The van der Waals surface area contributed by atoms with E-state index in [0.717, 1.165) is 34.7 Å². The molecule has 1 atom stereocenters. The summed E-state index contributed by atoms with van der Waals surface area (Å²) in [7, 11) is 0. The van der Waals surface area contributed by atoms with E-state index in [-0.39, 0.29) is 11.3 Å². The van der Waals surface area contributed by atoms with E-state index < -0.39 is 51.3 Å². The molecule has 1 heterocycles. The molecule has 0 saturated carbocycles. The van der Waals surface area contributed by atoms with E-state index in [2.05, 4.69) is 0 Å². The van der Waals surface area contributed by atoms with Gasteiger partial charge in [-0.05, 0) is 24.6 Å². The molecule has 3 aromatic carbocycles. The second kappa shape index (κ2) is 8.27. The van der Waals surface area contributed by atoms with Gasteiger partial charge in [0.1, 0.15) is 17.4 Å². The van der Waals surface area contributed by atoms with E-state index in [1.54, 1.807) is 31.2 Å². The lowest BCUT2D eigenvalue weighted by Gasteiger charge is -2.26. The van der Waals surface area contributed by atoms with Gasteiger partial charge in [0, 0.05) is 23.8 Å². The predicted octanol–water partition coefficient (Wildman–Crippen LogP) is 4.81. The number of benzene rings is 3. The van der Waals surface area contributed by atoms with Crippen molar-refractivity contribution in [1.82, 2.24) is 0 Å². The molecule has 4 rings (SSSR count). The van der Waals surface area contributed by atoms with Crippen LogP contribution in [0.2, 0.25) is 0 Å². The molecule has 33 heavy (non-hydrogen) atoms. The highest BCUT2D eigenvalue weighted by molar-refractivity contribution is 6.51. The highest BCUT2D eigenvalue weighted by Gasteiger charge is 2.48. The molecule has 166 valence electrons. The zero-order valence-corrected chi connectivity index (χ0v) is 17.2. The number of aliphatic hydroxyl groups is 1. The van der Waals surface area contributed by atoms with Crippen LogP contribution in [0.3, 0.4) is 0 Å². The molecule has 0 bridgehead atoms. The molecule has 0 aliphatic carbocycles. The number of rotatable bonds is 4. The SMILES string of the molecule is Cc1cccc(C2/C(=C(/O)c3cccc([N+](=O)[O-])c3)C(=O)C(=O)N2c2cc(F)ccc2F)c1. The molecule has 1 fully saturated rings. The van der Waals surface area contributed by atoms with Crippen molar-refractivity contribution in [2.24, 2.45) is 0 Å². The summed E-state index contributed by atoms with van der Waals surface area (Å²) in [6.07, 6.45) is 0. The van der Waals surface area contributed by atoms with E-state index in [1.165, 1.54) is 18.2 Å². The van der Waals surface area contributed by atoms with Crippen molar-refractivity contribution in [3.05, 3.63) is 111 Å². The van der Waals surface area contributed by atoms with Gasteiger partial charge in [0.2, 0.25) is 0 Å². The lowest BCUT2D eigenvalue weighted by Crippen LogP contribution is -2.30. The Labute approximate surface area is 186 Å². The molecular weight excluding hydrogens is 434 g/mol. The van der Waals surface area contributed by atoms with Gasteiger partial charge in [0.25, 0.3) is 17.4 Å². The number of nitro groups is 1. The van der Waals surface area contributed by atoms with Gasteiger partial charge in [-0.15, -0.1) is 0 Å². The molecule has 1 aliphatic heterocycles. The van der Waals surface area contributed by atoms with Crippen LogP contribution in [0, 0.1) is 28.7 Å². The van der Waals surface area contributed by atoms with Crippen molar-refractivity contribution in [2.75, 3.05) is 4.90 Å². The lowest BCUT2D eigenvalue weighted by molar-refractivity contribution is -0.384.